The van der Waals surface area contributed by atoms with Crippen molar-refractivity contribution in [2.24, 2.45) is 11.8 Å². The van der Waals surface area contributed by atoms with Gasteiger partial charge in [-0.2, -0.15) is 0 Å². The molecule has 1 aliphatic rings. The van der Waals surface area contributed by atoms with E-state index in [4.69, 9.17) is 4.74 Å². The van der Waals surface area contributed by atoms with Crippen molar-refractivity contribution in [3.8, 4) is 0 Å². The quantitative estimate of drug-likeness (QED) is 0.657. The van der Waals surface area contributed by atoms with Gasteiger partial charge in [0.15, 0.2) is 0 Å². The summed E-state index contributed by atoms with van der Waals surface area (Å²) in [5.41, 5.74) is 0. The van der Waals surface area contributed by atoms with Gasteiger partial charge in [0.2, 0.25) is 0 Å². The second-order valence-electron chi connectivity index (χ2n) is 3.45. The molecule has 1 heterocycles. The molecule has 1 amide bonds. The van der Waals surface area contributed by atoms with Gasteiger partial charge in [0.05, 0.1) is 6.04 Å². The third kappa shape index (κ3) is 1.85. The average Bonchev–Trinajstić information content (AvgIpc) is 2.34. The van der Waals surface area contributed by atoms with Crippen molar-refractivity contribution < 1.29 is 9.53 Å². The summed E-state index contributed by atoms with van der Waals surface area (Å²) in [5, 5.41) is 2.77. The maximum Gasteiger partial charge on any atom is 0.407 e. The summed E-state index contributed by atoms with van der Waals surface area (Å²) < 4.78 is 4.79. The minimum Gasteiger partial charge on any atom is -0.447 e. The topological polar surface area (TPSA) is 38.3 Å². The summed E-state index contributed by atoms with van der Waals surface area (Å²) in [6.45, 7) is 6.95. The third-order valence-corrected chi connectivity index (χ3v) is 2.38. The standard InChI is InChI=1S/C8H15NO2/c1-5(2)6(3)7-4-11-8(10)9-7/h5-7H,4H2,1-3H3,(H,9,10). The Hall–Kier alpha value is -0.730. The number of carbonyl (C=O) groups is 1. The first kappa shape index (κ1) is 8.37. The van der Waals surface area contributed by atoms with E-state index < -0.39 is 0 Å². The van der Waals surface area contributed by atoms with E-state index in [1.54, 1.807) is 0 Å². The zero-order chi connectivity index (χ0) is 8.43. The number of hydrogen-bond donors (Lipinski definition) is 1. The number of alkyl carbamates (subject to hydrolysis) is 1. The van der Waals surface area contributed by atoms with Crippen molar-refractivity contribution >= 4 is 6.09 Å². The van der Waals surface area contributed by atoms with Crippen molar-refractivity contribution in [1.82, 2.24) is 5.32 Å². The van der Waals surface area contributed by atoms with Gasteiger partial charge < -0.3 is 10.1 Å². The Morgan fingerprint density at radius 2 is 2.18 bits per heavy atom. The summed E-state index contributed by atoms with van der Waals surface area (Å²) in [4.78, 5) is 10.6. The Labute approximate surface area is 67.1 Å². The van der Waals surface area contributed by atoms with Gasteiger partial charge in [-0.25, -0.2) is 4.79 Å². The van der Waals surface area contributed by atoms with Crippen molar-refractivity contribution in [2.45, 2.75) is 26.8 Å². The van der Waals surface area contributed by atoms with E-state index in [2.05, 4.69) is 26.1 Å². The fourth-order valence-electron chi connectivity index (χ4n) is 1.15. The van der Waals surface area contributed by atoms with Gasteiger partial charge in [-0.1, -0.05) is 20.8 Å². The molecule has 1 aliphatic heterocycles. The van der Waals surface area contributed by atoms with Crippen LogP contribution in [0.2, 0.25) is 0 Å². The number of amides is 1. The molecule has 1 N–H and O–H groups in total. The van der Waals surface area contributed by atoms with Crippen LogP contribution < -0.4 is 5.32 Å². The monoisotopic (exact) mass is 157 g/mol. The molecule has 1 saturated heterocycles. The van der Waals surface area contributed by atoms with E-state index in [-0.39, 0.29) is 12.1 Å². The van der Waals surface area contributed by atoms with Gasteiger partial charge in [0, 0.05) is 0 Å². The third-order valence-electron chi connectivity index (χ3n) is 2.38. The van der Waals surface area contributed by atoms with Crippen molar-refractivity contribution in [3.05, 3.63) is 0 Å². The molecule has 0 aliphatic carbocycles. The second-order valence-corrected chi connectivity index (χ2v) is 3.45. The van der Waals surface area contributed by atoms with E-state index in [1.807, 2.05) is 0 Å². The molecule has 0 aromatic heterocycles. The Bertz CT molecular complexity index is 156. The van der Waals surface area contributed by atoms with Gasteiger partial charge in [-0.05, 0) is 11.8 Å². The fraction of sp³-hybridized carbons (Fsp3) is 0.875. The first-order valence-corrected chi connectivity index (χ1v) is 4.04. The molecule has 2 unspecified atom stereocenters. The van der Waals surface area contributed by atoms with E-state index in [0.29, 0.717) is 18.4 Å². The first-order valence-electron chi connectivity index (χ1n) is 4.04. The van der Waals surface area contributed by atoms with Crippen LogP contribution in [0.5, 0.6) is 0 Å². The molecule has 2 atom stereocenters. The van der Waals surface area contributed by atoms with E-state index in [0.717, 1.165) is 0 Å². The summed E-state index contributed by atoms with van der Waals surface area (Å²) in [6.07, 6.45) is -0.275. The molecule has 0 aromatic rings. The smallest absolute Gasteiger partial charge is 0.407 e. The van der Waals surface area contributed by atoms with Gasteiger partial charge in [-0.3, -0.25) is 0 Å². The van der Waals surface area contributed by atoms with E-state index in [9.17, 15) is 4.79 Å². The summed E-state index contributed by atoms with van der Waals surface area (Å²) in [7, 11) is 0. The molecule has 0 bridgehead atoms. The maximum atomic E-state index is 10.6. The number of hydrogen-bond acceptors (Lipinski definition) is 2. The van der Waals surface area contributed by atoms with Crippen molar-refractivity contribution in [2.75, 3.05) is 6.61 Å². The van der Waals surface area contributed by atoms with Crippen molar-refractivity contribution in [1.29, 1.82) is 0 Å². The number of ether oxygens (including phenoxy) is 1. The Kier molecular flexibility index (Phi) is 2.37. The zero-order valence-corrected chi connectivity index (χ0v) is 7.26. The molecule has 0 spiro atoms. The molecule has 11 heavy (non-hydrogen) atoms. The normalized spacial score (nSPS) is 26.5. The number of nitrogens with one attached hydrogen (secondary N) is 1. The lowest BCUT2D eigenvalue weighted by atomic mass is 9.91. The predicted octanol–water partition coefficient (Wildman–Crippen LogP) is 1.39. The minimum absolute atomic E-state index is 0.211. The summed E-state index contributed by atoms with van der Waals surface area (Å²) >= 11 is 0. The number of rotatable bonds is 2. The highest BCUT2D eigenvalue weighted by Gasteiger charge is 2.28. The highest BCUT2D eigenvalue weighted by molar-refractivity contribution is 5.69. The molecule has 0 saturated carbocycles. The highest BCUT2D eigenvalue weighted by atomic mass is 16.6. The van der Waals surface area contributed by atoms with Crippen LogP contribution in [-0.4, -0.2) is 18.7 Å². The van der Waals surface area contributed by atoms with Crippen LogP contribution in [0, 0.1) is 11.8 Å². The lowest BCUT2D eigenvalue weighted by Gasteiger charge is -2.20. The second kappa shape index (κ2) is 3.11. The summed E-state index contributed by atoms with van der Waals surface area (Å²) in [6, 6.07) is 0.211. The molecule has 0 radical (unpaired) electrons. The first-order chi connectivity index (χ1) is 5.11. The lowest BCUT2D eigenvalue weighted by Crippen LogP contribution is -2.34. The number of carbonyl (C=O) groups excluding carboxylic acids is 1. The van der Waals surface area contributed by atoms with E-state index >= 15 is 0 Å². The van der Waals surface area contributed by atoms with Crippen LogP contribution in [0.3, 0.4) is 0 Å². The van der Waals surface area contributed by atoms with Gasteiger partial charge in [0.25, 0.3) is 0 Å². The van der Waals surface area contributed by atoms with E-state index in [1.165, 1.54) is 0 Å². The van der Waals surface area contributed by atoms with Gasteiger partial charge in [0.1, 0.15) is 6.61 Å². The molecule has 3 heteroatoms. The molecular weight excluding hydrogens is 142 g/mol. The molecule has 64 valence electrons. The lowest BCUT2D eigenvalue weighted by molar-refractivity contribution is 0.174. The van der Waals surface area contributed by atoms with Crippen LogP contribution in [-0.2, 0) is 4.74 Å². The van der Waals surface area contributed by atoms with Crippen molar-refractivity contribution in [3.63, 3.8) is 0 Å². The molecule has 1 fully saturated rings. The molecule has 0 aromatic carbocycles. The highest BCUT2D eigenvalue weighted by Crippen LogP contribution is 2.17. The molecule has 3 nitrogen and oxygen atoms in total. The zero-order valence-electron chi connectivity index (χ0n) is 7.26. The fourth-order valence-corrected chi connectivity index (χ4v) is 1.15. The van der Waals surface area contributed by atoms with Crippen LogP contribution in [0.25, 0.3) is 0 Å². The van der Waals surface area contributed by atoms with Gasteiger partial charge in [-0.15, -0.1) is 0 Å². The Morgan fingerprint density at radius 1 is 1.55 bits per heavy atom. The summed E-state index contributed by atoms with van der Waals surface area (Å²) in [5.74, 6) is 1.07. The van der Waals surface area contributed by atoms with Crippen LogP contribution >= 0.6 is 0 Å². The van der Waals surface area contributed by atoms with Gasteiger partial charge >= 0.3 is 6.09 Å². The minimum atomic E-state index is -0.275. The Morgan fingerprint density at radius 3 is 2.55 bits per heavy atom. The SMILES string of the molecule is CC(C)C(C)C1COC(=O)N1. The maximum absolute atomic E-state index is 10.6. The predicted molar refractivity (Wildman–Crippen MR) is 42.3 cm³/mol. The largest absolute Gasteiger partial charge is 0.447 e. The van der Waals surface area contributed by atoms with Crippen LogP contribution in [0.15, 0.2) is 0 Å². The molecular formula is C8H15NO2. The number of cyclic esters (lactones) is 1. The molecule has 1 rings (SSSR count). The average molecular weight is 157 g/mol. The van der Waals surface area contributed by atoms with Crippen LogP contribution in [0.1, 0.15) is 20.8 Å². The Balaban J connectivity index is 2.43. The van der Waals surface area contributed by atoms with Crippen LogP contribution in [0.4, 0.5) is 4.79 Å².